The van der Waals surface area contributed by atoms with Gasteiger partial charge in [0.25, 0.3) is 0 Å². The van der Waals surface area contributed by atoms with Gasteiger partial charge in [-0.3, -0.25) is 0 Å². The Morgan fingerprint density at radius 3 is 3.06 bits per heavy atom. The number of aliphatic hydroxyl groups excluding tert-OH is 1. The molecule has 1 aromatic heterocycles. The van der Waals surface area contributed by atoms with Gasteiger partial charge in [0.15, 0.2) is 0 Å². The molecule has 4 heteroatoms. The zero-order valence-corrected chi connectivity index (χ0v) is 10.1. The van der Waals surface area contributed by atoms with Gasteiger partial charge in [-0.2, -0.15) is 0 Å². The van der Waals surface area contributed by atoms with E-state index < -0.39 is 0 Å². The van der Waals surface area contributed by atoms with E-state index >= 15 is 0 Å². The number of ether oxygens (including phenoxy) is 1. The highest BCUT2D eigenvalue weighted by atomic mass is 32.1. The molecule has 2 heterocycles. The summed E-state index contributed by atoms with van der Waals surface area (Å²) in [6.45, 7) is 1.03. The first-order valence-corrected chi connectivity index (χ1v) is 6.88. The number of aliphatic hydroxyl groups is 1. The summed E-state index contributed by atoms with van der Waals surface area (Å²) in [5.74, 6) is 0.688. The summed E-state index contributed by atoms with van der Waals surface area (Å²) in [4.78, 5) is 4.34. The van der Waals surface area contributed by atoms with Crippen LogP contribution in [0.25, 0.3) is 0 Å². The molecular formula is C12H17NO2S. The molecule has 2 aliphatic rings. The minimum atomic E-state index is -0.0603. The molecule has 1 aliphatic carbocycles. The summed E-state index contributed by atoms with van der Waals surface area (Å²) in [5.41, 5.74) is 2.91. The molecule has 0 amide bonds. The van der Waals surface area contributed by atoms with Crippen LogP contribution in [0, 0.1) is 11.3 Å². The molecule has 3 rings (SSSR count). The minimum absolute atomic E-state index is 0.0603. The first-order valence-electron chi connectivity index (χ1n) is 5.94. The quantitative estimate of drug-likeness (QED) is 0.872. The number of nitrogens with zero attached hydrogens (tertiary/aromatic N) is 1. The first kappa shape index (κ1) is 10.7. The van der Waals surface area contributed by atoms with E-state index in [1.807, 2.05) is 5.51 Å². The average molecular weight is 239 g/mol. The van der Waals surface area contributed by atoms with Gasteiger partial charge in [0, 0.05) is 23.8 Å². The number of hydrogen-bond donors (Lipinski definition) is 1. The van der Waals surface area contributed by atoms with Gasteiger partial charge in [-0.1, -0.05) is 0 Å². The van der Waals surface area contributed by atoms with Crippen LogP contribution < -0.4 is 0 Å². The summed E-state index contributed by atoms with van der Waals surface area (Å²) >= 11 is 1.62. The topological polar surface area (TPSA) is 42.4 Å². The first-order chi connectivity index (χ1) is 7.84. The van der Waals surface area contributed by atoms with Crippen LogP contribution in [0.2, 0.25) is 0 Å². The summed E-state index contributed by atoms with van der Waals surface area (Å²) in [6, 6.07) is 0. The Hall–Kier alpha value is -0.450. The molecule has 1 saturated carbocycles. The lowest BCUT2D eigenvalue weighted by molar-refractivity contribution is 0.000169. The Morgan fingerprint density at radius 1 is 1.56 bits per heavy atom. The smallest absolute Gasteiger partial charge is 0.0794 e. The molecule has 2 atom stereocenters. The Morgan fingerprint density at radius 2 is 2.44 bits per heavy atom. The molecule has 0 aromatic carbocycles. The zero-order valence-electron chi connectivity index (χ0n) is 9.26. The van der Waals surface area contributed by atoms with Crippen molar-refractivity contribution in [3.05, 3.63) is 16.6 Å². The lowest BCUT2D eigenvalue weighted by Gasteiger charge is -2.31. The number of rotatable bonds is 4. The Labute approximate surface area is 99.5 Å². The van der Waals surface area contributed by atoms with E-state index in [0.29, 0.717) is 5.92 Å². The lowest BCUT2D eigenvalue weighted by atomic mass is 9.76. The molecule has 3 nitrogen and oxygen atoms in total. The number of thiazole rings is 1. The zero-order chi connectivity index (χ0) is 11.0. The molecular weight excluding hydrogens is 222 g/mol. The van der Waals surface area contributed by atoms with E-state index in [-0.39, 0.29) is 18.1 Å². The maximum Gasteiger partial charge on any atom is 0.0794 e. The molecule has 88 valence electrons. The maximum absolute atomic E-state index is 9.76. The van der Waals surface area contributed by atoms with E-state index in [1.165, 1.54) is 12.8 Å². The predicted octanol–water partition coefficient (Wildman–Crippen LogP) is 1.86. The van der Waals surface area contributed by atoms with Gasteiger partial charge in [-0.05, 0) is 25.2 Å². The molecule has 2 unspecified atom stereocenters. The highest BCUT2D eigenvalue weighted by Crippen LogP contribution is 2.49. The second-order valence-electron chi connectivity index (χ2n) is 5.06. The SMILES string of the molecule is OCC1(Cc2cscn2)CCOC1C1CC1. The van der Waals surface area contributed by atoms with Crippen LogP contribution in [-0.2, 0) is 11.2 Å². The van der Waals surface area contributed by atoms with E-state index in [9.17, 15) is 5.11 Å². The lowest BCUT2D eigenvalue weighted by Crippen LogP contribution is -2.38. The highest BCUT2D eigenvalue weighted by Gasteiger charge is 2.50. The van der Waals surface area contributed by atoms with Crippen molar-refractivity contribution >= 4 is 11.3 Å². The number of aromatic nitrogens is 1. The van der Waals surface area contributed by atoms with Crippen LogP contribution in [0.4, 0.5) is 0 Å². The van der Waals surface area contributed by atoms with Crippen molar-refractivity contribution in [2.45, 2.75) is 31.8 Å². The van der Waals surface area contributed by atoms with Crippen molar-refractivity contribution in [1.82, 2.24) is 4.98 Å². The second kappa shape index (κ2) is 4.09. The van der Waals surface area contributed by atoms with E-state index in [2.05, 4.69) is 10.4 Å². The molecule has 0 radical (unpaired) electrons. The van der Waals surface area contributed by atoms with Crippen LogP contribution in [0.1, 0.15) is 25.0 Å². The van der Waals surface area contributed by atoms with Crippen LogP contribution in [0.3, 0.4) is 0 Å². The fourth-order valence-electron chi connectivity index (χ4n) is 2.84. The summed E-state index contributed by atoms with van der Waals surface area (Å²) in [7, 11) is 0. The van der Waals surface area contributed by atoms with Gasteiger partial charge in [-0.25, -0.2) is 4.98 Å². The van der Waals surface area contributed by atoms with Crippen molar-refractivity contribution in [2.75, 3.05) is 13.2 Å². The van der Waals surface area contributed by atoms with Gasteiger partial charge in [0.05, 0.1) is 23.9 Å². The summed E-state index contributed by atoms with van der Waals surface area (Å²) in [5, 5.41) is 11.8. The largest absolute Gasteiger partial charge is 0.396 e. The molecule has 1 N–H and O–H groups in total. The van der Waals surface area contributed by atoms with E-state index in [4.69, 9.17) is 4.74 Å². The highest BCUT2D eigenvalue weighted by molar-refractivity contribution is 7.07. The van der Waals surface area contributed by atoms with Crippen LogP contribution in [-0.4, -0.2) is 29.4 Å². The van der Waals surface area contributed by atoms with Gasteiger partial charge in [-0.15, -0.1) is 11.3 Å². The van der Waals surface area contributed by atoms with Crippen LogP contribution in [0.5, 0.6) is 0 Å². The van der Waals surface area contributed by atoms with Crippen molar-refractivity contribution in [3.63, 3.8) is 0 Å². The second-order valence-corrected chi connectivity index (χ2v) is 5.77. The minimum Gasteiger partial charge on any atom is -0.396 e. The monoisotopic (exact) mass is 239 g/mol. The normalized spacial score (nSPS) is 34.4. The predicted molar refractivity (Wildman–Crippen MR) is 62.4 cm³/mol. The summed E-state index contributed by atoms with van der Waals surface area (Å²) in [6.07, 6.45) is 4.64. The standard InChI is InChI=1S/C12H17NO2S/c14-7-12(5-10-6-16-8-13-10)3-4-15-11(12)9-1-2-9/h6,8-9,11,14H,1-5,7H2. The van der Waals surface area contributed by atoms with Crippen molar-refractivity contribution in [2.24, 2.45) is 11.3 Å². The average Bonchev–Trinajstić information content (AvgIpc) is 2.86. The molecule has 1 aromatic rings. The third kappa shape index (κ3) is 1.79. The Balaban J connectivity index is 1.80. The van der Waals surface area contributed by atoms with Crippen LogP contribution in [0.15, 0.2) is 10.9 Å². The molecule has 16 heavy (non-hydrogen) atoms. The third-order valence-corrected chi connectivity index (χ3v) is 4.52. The third-order valence-electron chi connectivity index (χ3n) is 3.88. The van der Waals surface area contributed by atoms with E-state index in [0.717, 1.165) is 25.1 Å². The van der Waals surface area contributed by atoms with Crippen molar-refractivity contribution in [1.29, 1.82) is 0 Å². The molecule has 0 spiro atoms. The molecule has 0 bridgehead atoms. The van der Waals surface area contributed by atoms with Gasteiger partial charge >= 0.3 is 0 Å². The van der Waals surface area contributed by atoms with Gasteiger partial charge in [0.1, 0.15) is 0 Å². The fourth-order valence-corrected chi connectivity index (χ4v) is 3.40. The van der Waals surface area contributed by atoms with Crippen molar-refractivity contribution in [3.8, 4) is 0 Å². The fraction of sp³-hybridized carbons (Fsp3) is 0.750. The van der Waals surface area contributed by atoms with Gasteiger partial charge < -0.3 is 9.84 Å². The summed E-state index contributed by atoms with van der Waals surface area (Å²) < 4.78 is 5.85. The molecule has 2 fully saturated rings. The van der Waals surface area contributed by atoms with E-state index in [1.54, 1.807) is 11.3 Å². The molecule has 1 saturated heterocycles. The molecule has 1 aliphatic heterocycles. The van der Waals surface area contributed by atoms with Crippen molar-refractivity contribution < 1.29 is 9.84 Å². The van der Waals surface area contributed by atoms with Crippen LogP contribution >= 0.6 is 11.3 Å². The Kier molecular flexibility index (Phi) is 2.73. The maximum atomic E-state index is 9.76. The van der Waals surface area contributed by atoms with Gasteiger partial charge in [0.2, 0.25) is 0 Å². The number of hydrogen-bond acceptors (Lipinski definition) is 4. The Bertz CT molecular complexity index is 350.